The Hall–Kier alpha value is -3.79. The Morgan fingerprint density at radius 1 is 1.14 bits per heavy atom. The first-order valence-corrected chi connectivity index (χ1v) is 8.64. The summed E-state index contributed by atoms with van der Waals surface area (Å²) in [4.78, 5) is 24.1. The Morgan fingerprint density at radius 2 is 1.86 bits per heavy atom. The molecule has 7 heteroatoms. The van der Waals surface area contributed by atoms with Gasteiger partial charge in [0, 0.05) is 11.8 Å². The lowest BCUT2D eigenvalue weighted by Crippen LogP contribution is -2.29. The molecule has 0 aliphatic carbocycles. The molecule has 7 nitrogen and oxygen atoms in total. The van der Waals surface area contributed by atoms with Gasteiger partial charge in [0.2, 0.25) is 0 Å². The van der Waals surface area contributed by atoms with Crippen LogP contribution in [0.4, 0.5) is 5.69 Å². The average molecular weight is 378 g/mol. The highest BCUT2D eigenvalue weighted by Gasteiger charge is 2.17. The van der Waals surface area contributed by atoms with E-state index in [9.17, 15) is 9.59 Å². The van der Waals surface area contributed by atoms with E-state index in [1.807, 2.05) is 6.07 Å². The maximum Gasteiger partial charge on any atom is 0.331 e. The van der Waals surface area contributed by atoms with E-state index in [0.717, 1.165) is 5.56 Å². The number of hydrogen-bond donors (Lipinski definition) is 1. The number of rotatable bonds is 5. The molecule has 2 aromatic rings. The standard InChI is InChI=1S/C21H18N2O5/c1-14(21(25)23-17-6-2-16(13-22)3-7-17)28-20(24)9-5-15-4-8-18-19(12-15)27-11-10-26-18/h2-9,12,14H,10-11H2,1H3,(H,23,25)/b9-5+/t14-/m1/s1. The van der Waals surface area contributed by atoms with Gasteiger partial charge in [0.25, 0.3) is 5.91 Å². The van der Waals surface area contributed by atoms with E-state index in [1.165, 1.54) is 13.0 Å². The first-order chi connectivity index (χ1) is 13.5. The number of amides is 1. The summed E-state index contributed by atoms with van der Waals surface area (Å²) < 4.78 is 16.1. The quantitative estimate of drug-likeness (QED) is 0.635. The number of anilines is 1. The van der Waals surface area contributed by atoms with E-state index in [-0.39, 0.29) is 0 Å². The van der Waals surface area contributed by atoms with Crippen LogP contribution in [-0.4, -0.2) is 31.2 Å². The zero-order chi connectivity index (χ0) is 19.9. The van der Waals surface area contributed by atoms with Crippen LogP contribution in [0.2, 0.25) is 0 Å². The van der Waals surface area contributed by atoms with Crippen LogP contribution in [0.5, 0.6) is 11.5 Å². The maximum absolute atomic E-state index is 12.1. The Labute approximate surface area is 162 Å². The molecule has 0 bridgehead atoms. The van der Waals surface area contributed by atoms with Gasteiger partial charge < -0.3 is 19.5 Å². The number of esters is 1. The highest BCUT2D eigenvalue weighted by Crippen LogP contribution is 2.31. The molecule has 1 amide bonds. The molecule has 0 unspecified atom stereocenters. The van der Waals surface area contributed by atoms with Crippen molar-refractivity contribution in [1.82, 2.24) is 0 Å². The molecule has 0 fully saturated rings. The van der Waals surface area contributed by atoms with Gasteiger partial charge in [-0.3, -0.25) is 4.79 Å². The van der Waals surface area contributed by atoms with E-state index < -0.39 is 18.0 Å². The number of benzene rings is 2. The maximum atomic E-state index is 12.1. The van der Waals surface area contributed by atoms with Crippen molar-refractivity contribution in [2.24, 2.45) is 0 Å². The fraction of sp³-hybridized carbons (Fsp3) is 0.190. The van der Waals surface area contributed by atoms with Crippen LogP contribution in [0.15, 0.2) is 48.5 Å². The Kier molecular flexibility index (Phi) is 5.92. The van der Waals surface area contributed by atoms with Crippen molar-refractivity contribution in [2.75, 3.05) is 18.5 Å². The Bertz CT molecular complexity index is 944. The number of nitriles is 1. The van der Waals surface area contributed by atoms with Gasteiger partial charge in [0.15, 0.2) is 17.6 Å². The van der Waals surface area contributed by atoms with Crippen molar-refractivity contribution in [3.63, 3.8) is 0 Å². The highest BCUT2D eigenvalue weighted by atomic mass is 16.6. The van der Waals surface area contributed by atoms with Crippen LogP contribution in [0.3, 0.4) is 0 Å². The van der Waals surface area contributed by atoms with Crippen molar-refractivity contribution in [2.45, 2.75) is 13.0 Å². The lowest BCUT2D eigenvalue weighted by molar-refractivity contribution is -0.148. The third-order valence-corrected chi connectivity index (χ3v) is 3.92. The molecule has 0 spiro atoms. The Morgan fingerprint density at radius 3 is 2.57 bits per heavy atom. The SMILES string of the molecule is C[C@@H](OC(=O)/C=C/c1ccc2c(c1)OCCO2)C(=O)Nc1ccc(C#N)cc1. The van der Waals surface area contributed by atoms with Crippen molar-refractivity contribution < 1.29 is 23.8 Å². The third kappa shape index (κ3) is 4.89. The molecule has 1 atom stereocenters. The van der Waals surface area contributed by atoms with E-state index in [0.29, 0.717) is 36.0 Å². The normalized spacial score (nSPS) is 13.4. The topological polar surface area (TPSA) is 97.7 Å². The summed E-state index contributed by atoms with van der Waals surface area (Å²) in [6.45, 7) is 2.47. The molecule has 1 aliphatic rings. The van der Waals surface area contributed by atoms with Crippen LogP contribution in [-0.2, 0) is 14.3 Å². The zero-order valence-corrected chi connectivity index (χ0v) is 15.2. The molecule has 0 saturated carbocycles. The van der Waals surface area contributed by atoms with Crippen LogP contribution >= 0.6 is 0 Å². The molecule has 28 heavy (non-hydrogen) atoms. The van der Waals surface area contributed by atoms with E-state index >= 15 is 0 Å². The smallest absolute Gasteiger partial charge is 0.331 e. The van der Waals surface area contributed by atoms with Crippen molar-refractivity contribution in [3.8, 4) is 17.6 Å². The molecule has 0 saturated heterocycles. The molecule has 0 aromatic heterocycles. The highest BCUT2D eigenvalue weighted by molar-refractivity contribution is 5.96. The summed E-state index contributed by atoms with van der Waals surface area (Å²) >= 11 is 0. The first kappa shape index (κ1) is 19.0. The number of carbonyl (C=O) groups is 2. The molecule has 3 rings (SSSR count). The summed E-state index contributed by atoms with van der Waals surface area (Å²) in [7, 11) is 0. The van der Waals surface area contributed by atoms with Crippen LogP contribution in [0, 0.1) is 11.3 Å². The van der Waals surface area contributed by atoms with Gasteiger partial charge in [-0.05, 0) is 55.0 Å². The van der Waals surface area contributed by atoms with Gasteiger partial charge in [-0.2, -0.15) is 5.26 Å². The van der Waals surface area contributed by atoms with Crippen LogP contribution in [0.25, 0.3) is 6.08 Å². The minimum Gasteiger partial charge on any atom is -0.486 e. The van der Waals surface area contributed by atoms with Crippen LogP contribution in [0.1, 0.15) is 18.1 Å². The summed E-state index contributed by atoms with van der Waals surface area (Å²) in [5.41, 5.74) is 1.75. The van der Waals surface area contributed by atoms with Gasteiger partial charge in [-0.1, -0.05) is 6.07 Å². The average Bonchev–Trinajstić information content (AvgIpc) is 2.72. The van der Waals surface area contributed by atoms with Gasteiger partial charge in [-0.15, -0.1) is 0 Å². The summed E-state index contributed by atoms with van der Waals surface area (Å²) in [5.74, 6) is 0.180. The van der Waals surface area contributed by atoms with E-state index in [1.54, 1.807) is 48.5 Å². The second-order valence-corrected chi connectivity index (χ2v) is 5.99. The van der Waals surface area contributed by atoms with Crippen molar-refractivity contribution in [3.05, 3.63) is 59.7 Å². The minimum atomic E-state index is -0.979. The predicted octanol–water partition coefficient (Wildman–Crippen LogP) is 2.91. The molecular weight excluding hydrogens is 360 g/mol. The number of nitrogens with one attached hydrogen (secondary N) is 1. The van der Waals surface area contributed by atoms with Gasteiger partial charge in [0.1, 0.15) is 13.2 Å². The number of fused-ring (bicyclic) bond motifs is 1. The molecule has 1 N–H and O–H groups in total. The molecule has 1 heterocycles. The second-order valence-electron chi connectivity index (χ2n) is 5.99. The van der Waals surface area contributed by atoms with Crippen molar-refractivity contribution >= 4 is 23.6 Å². The summed E-state index contributed by atoms with van der Waals surface area (Å²) in [6, 6.07) is 13.7. The lowest BCUT2D eigenvalue weighted by Gasteiger charge is -2.18. The monoisotopic (exact) mass is 378 g/mol. The molecule has 2 aromatic carbocycles. The fourth-order valence-electron chi connectivity index (χ4n) is 2.47. The Balaban J connectivity index is 1.53. The number of hydrogen-bond acceptors (Lipinski definition) is 6. The largest absolute Gasteiger partial charge is 0.486 e. The molecule has 0 radical (unpaired) electrons. The van der Waals surface area contributed by atoms with Crippen LogP contribution < -0.4 is 14.8 Å². The number of carbonyl (C=O) groups excluding carboxylic acids is 2. The first-order valence-electron chi connectivity index (χ1n) is 8.64. The molecule has 142 valence electrons. The fourth-order valence-corrected chi connectivity index (χ4v) is 2.47. The molecule has 1 aliphatic heterocycles. The van der Waals surface area contributed by atoms with Gasteiger partial charge in [-0.25, -0.2) is 4.79 Å². The van der Waals surface area contributed by atoms with Crippen molar-refractivity contribution in [1.29, 1.82) is 5.26 Å². The van der Waals surface area contributed by atoms with Gasteiger partial charge in [0.05, 0.1) is 11.6 Å². The van der Waals surface area contributed by atoms with E-state index in [2.05, 4.69) is 5.32 Å². The van der Waals surface area contributed by atoms with E-state index in [4.69, 9.17) is 19.5 Å². The number of nitrogens with zero attached hydrogens (tertiary/aromatic N) is 1. The zero-order valence-electron chi connectivity index (χ0n) is 15.2. The van der Waals surface area contributed by atoms with Gasteiger partial charge >= 0.3 is 5.97 Å². The second kappa shape index (κ2) is 8.73. The molecular formula is C21H18N2O5. The number of ether oxygens (including phenoxy) is 3. The third-order valence-electron chi connectivity index (χ3n) is 3.92. The lowest BCUT2D eigenvalue weighted by atomic mass is 10.2. The summed E-state index contributed by atoms with van der Waals surface area (Å²) in [6.07, 6.45) is 1.84. The minimum absolute atomic E-state index is 0.467. The predicted molar refractivity (Wildman–Crippen MR) is 102 cm³/mol. The summed E-state index contributed by atoms with van der Waals surface area (Å²) in [5, 5.41) is 11.4.